The summed E-state index contributed by atoms with van der Waals surface area (Å²) in [5.41, 5.74) is 0. The van der Waals surface area contributed by atoms with Crippen LogP contribution in [0.4, 0.5) is 4.79 Å². The van der Waals surface area contributed by atoms with Crippen molar-refractivity contribution >= 4 is 12.0 Å². The Morgan fingerprint density at radius 2 is 1.95 bits per heavy atom. The van der Waals surface area contributed by atoms with Gasteiger partial charge in [-0.05, 0) is 45.4 Å². The van der Waals surface area contributed by atoms with E-state index in [2.05, 4.69) is 6.92 Å². The van der Waals surface area contributed by atoms with E-state index in [1.165, 1.54) is 6.42 Å². The lowest BCUT2D eigenvalue weighted by Crippen LogP contribution is -2.51. The Hall–Kier alpha value is -1.26. The van der Waals surface area contributed by atoms with Crippen LogP contribution in [-0.4, -0.2) is 51.6 Å². The van der Waals surface area contributed by atoms with Crippen LogP contribution in [0.3, 0.4) is 0 Å². The van der Waals surface area contributed by atoms with Gasteiger partial charge in [-0.3, -0.25) is 4.79 Å². The monoisotopic (exact) mass is 266 g/mol. The fourth-order valence-electron chi connectivity index (χ4n) is 4.08. The Bertz CT molecular complexity index is 398. The second kappa shape index (κ2) is 4.69. The smallest absolute Gasteiger partial charge is 0.320 e. The predicted molar refractivity (Wildman–Crippen MR) is 69.8 cm³/mol. The van der Waals surface area contributed by atoms with Crippen molar-refractivity contribution in [2.75, 3.05) is 6.54 Å². The lowest BCUT2D eigenvalue weighted by molar-refractivity contribution is -0.142. The van der Waals surface area contributed by atoms with Gasteiger partial charge in [-0.1, -0.05) is 0 Å². The first kappa shape index (κ1) is 12.8. The molecule has 0 aliphatic carbocycles. The van der Waals surface area contributed by atoms with Gasteiger partial charge in [-0.25, -0.2) is 4.79 Å². The average molecular weight is 266 g/mol. The van der Waals surface area contributed by atoms with E-state index in [1.807, 2.05) is 9.80 Å². The third kappa shape index (κ3) is 1.99. The maximum Gasteiger partial charge on any atom is 0.320 e. The Morgan fingerprint density at radius 3 is 2.58 bits per heavy atom. The van der Waals surface area contributed by atoms with Gasteiger partial charge in [0.1, 0.15) is 0 Å². The molecule has 4 unspecified atom stereocenters. The van der Waals surface area contributed by atoms with E-state index in [4.69, 9.17) is 0 Å². The first-order valence-electron chi connectivity index (χ1n) is 7.41. The number of carboxylic acids is 1. The van der Waals surface area contributed by atoms with E-state index < -0.39 is 5.97 Å². The maximum absolute atomic E-state index is 12.7. The third-order valence-corrected chi connectivity index (χ3v) is 5.12. The fourth-order valence-corrected chi connectivity index (χ4v) is 4.08. The molecule has 3 saturated heterocycles. The molecule has 5 heteroatoms. The molecule has 3 heterocycles. The second-order valence-corrected chi connectivity index (χ2v) is 6.21. The SMILES string of the molecule is CC1CCCCN1C(=O)N1C2CCC1C(C(=O)O)C2. The predicted octanol–water partition coefficient (Wildman–Crippen LogP) is 1.92. The third-order valence-electron chi connectivity index (χ3n) is 5.12. The van der Waals surface area contributed by atoms with Gasteiger partial charge in [0.15, 0.2) is 0 Å². The van der Waals surface area contributed by atoms with Gasteiger partial charge in [0.05, 0.1) is 5.92 Å². The van der Waals surface area contributed by atoms with Crippen molar-refractivity contribution in [3.63, 3.8) is 0 Å². The number of hydrogen-bond acceptors (Lipinski definition) is 2. The van der Waals surface area contributed by atoms with E-state index in [-0.39, 0.29) is 24.0 Å². The second-order valence-electron chi connectivity index (χ2n) is 6.21. The summed E-state index contributed by atoms with van der Waals surface area (Å²) in [6, 6.07) is 0.477. The number of aliphatic carboxylic acids is 1. The molecule has 0 aromatic rings. The highest BCUT2D eigenvalue weighted by Crippen LogP contribution is 2.42. The van der Waals surface area contributed by atoms with Crippen LogP contribution >= 0.6 is 0 Å². The number of rotatable bonds is 1. The minimum absolute atomic E-state index is 0.0656. The Labute approximate surface area is 113 Å². The van der Waals surface area contributed by atoms with Crippen LogP contribution in [0.25, 0.3) is 0 Å². The van der Waals surface area contributed by atoms with Gasteiger partial charge in [0.25, 0.3) is 0 Å². The number of urea groups is 1. The van der Waals surface area contributed by atoms with Gasteiger partial charge < -0.3 is 14.9 Å². The molecule has 0 spiro atoms. The van der Waals surface area contributed by atoms with Crippen molar-refractivity contribution in [2.45, 2.75) is 63.6 Å². The number of fused-ring (bicyclic) bond motifs is 2. The Balaban J connectivity index is 1.75. The van der Waals surface area contributed by atoms with Gasteiger partial charge >= 0.3 is 12.0 Å². The van der Waals surface area contributed by atoms with E-state index >= 15 is 0 Å². The number of carbonyl (C=O) groups excluding carboxylic acids is 1. The van der Waals surface area contributed by atoms with Crippen molar-refractivity contribution in [3.05, 3.63) is 0 Å². The lowest BCUT2D eigenvalue weighted by atomic mass is 9.89. The lowest BCUT2D eigenvalue weighted by Gasteiger charge is -2.38. The molecule has 0 saturated carbocycles. The zero-order valence-electron chi connectivity index (χ0n) is 11.4. The van der Waals surface area contributed by atoms with E-state index in [9.17, 15) is 14.7 Å². The van der Waals surface area contributed by atoms with Crippen LogP contribution in [0.2, 0.25) is 0 Å². The van der Waals surface area contributed by atoms with Crippen molar-refractivity contribution in [1.82, 2.24) is 9.80 Å². The maximum atomic E-state index is 12.7. The van der Waals surface area contributed by atoms with Gasteiger partial charge in [0, 0.05) is 24.7 Å². The van der Waals surface area contributed by atoms with Crippen LogP contribution in [0.1, 0.15) is 45.4 Å². The average Bonchev–Trinajstić information content (AvgIpc) is 2.96. The van der Waals surface area contributed by atoms with Crippen LogP contribution in [-0.2, 0) is 4.79 Å². The number of amides is 2. The molecule has 0 radical (unpaired) electrons. The summed E-state index contributed by atoms with van der Waals surface area (Å²) in [4.78, 5) is 27.8. The van der Waals surface area contributed by atoms with Gasteiger partial charge in [-0.2, -0.15) is 0 Å². The summed E-state index contributed by atoms with van der Waals surface area (Å²) in [5.74, 6) is -1.08. The van der Waals surface area contributed by atoms with Crippen molar-refractivity contribution < 1.29 is 14.7 Å². The van der Waals surface area contributed by atoms with Crippen LogP contribution in [0.5, 0.6) is 0 Å². The number of piperidine rings is 1. The summed E-state index contributed by atoms with van der Waals surface area (Å²) >= 11 is 0. The first-order chi connectivity index (χ1) is 9.09. The van der Waals surface area contributed by atoms with Gasteiger partial charge in [0.2, 0.25) is 0 Å². The summed E-state index contributed by atoms with van der Waals surface area (Å²) < 4.78 is 0. The van der Waals surface area contributed by atoms with E-state index in [0.29, 0.717) is 12.5 Å². The molecule has 5 nitrogen and oxygen atoms in total. The van der Waals surface area contributed by atoms with Crippen LogP contribution < -0.4 is 0 Å². The first-order valence-corrected chi connectivity index (χ1v) is 7.41. The molecule has 3 aliphatic rings. The summed E-state index contributed by atoms with van der Waals surface area (Å²) in [6.45, 7) is 2.93. The zero-order valence-corrected chi connectivity index (χ0v) is 11.4. The van der Waals surface area contributed by atoms with Crippen molar-refractivity contribution in [2.24, 2.45) is 5.92 Å². The molecule has 1 N–H and O–H groups in total. The summed E-state index contributed by atoms with van der Waals surface area (Å²) in [6.07, 6.45) is 5.81. The molecular formula is C14H22N2O3. The highest BCUT2D eigenvalue weighted by molar-refractivity contribution is 5.79. The molecule has 2 amide bonds. The molecule has 3 fully saturated rings. The standard InChI is InChI=1S/C14H22N2O3/c1-9-4-2-3-7-15(9)14(19)16-10-5-6-12(16)11(8-10)13(17)18/h9-12H,2-8H2,1H3,(H,17,18). The number of nitrogens with zero attached hydrogens (tertiary/aromatic N) is 2. The zero-order chi connectivity index (χ0) is 13.6. The highest BCUT2D eigenvalue weighted by atomic mass is 16.4. The molecule has 3 rings (SSSR count). The summed E-state index contributed by atoms with van der Waals surface area (Å²) in [5, 5.41) is 9.25. The van der Waals surface area contributed by atoms with Crippen molar-refractivity contribution in [3.8, 4) is 0 Å². The Kier molecular flexibility index (Phi) is 3.15. The molecule has 106 valence electrons. The number of carboxylic acid groups (broad SMARTS) is 1. The molecule has 0 aromatic heterocycles. The van der Waals surface area contributed by atoms with Crippen molar-refractivity contribution in [1.29, 1.82) is 0 Å². The van der Waals surface area contributed by atoms with E-state index in [0.717, 1.165) is 32.2 Å². The number of likely N-dealkylation sites (tertiary alicyclic amines) is 1. The molecular weight excluding hydrogens is 244 g/mol. The highest BCUT2D eigenvalue weighted by Gasteiger charge is 2.52. The quantitative estimate of drug-likeness (QED) is 0.788. The van der Waals surface area contributed by atoms with Gasteiger partial charge in [-0.15, -0.1) is 0 Å². The summed E-state index contributed by atoms with van der Waals surface area (Å²) in [7, 11) is 0. The molecule has 3 aliphatic heterocycles. The minimum atomic E-state index is -0.739. The molecule has 0 aromatic carbocycles. The largest absolute Gasteiger partial charge is 0.481 e. The number of hydrogen-bond donors (Lipinski definition) is 1. The normalized spacial score (nSPS) is 37.7. The molecule has 2 bridgehead atoms. The van der Waals surface area contributed by atoms with Crippen LogP contribution in [0, 0.1) is 5.92 Å². The minimum Gasteiger partial charge on any atom is -0.481 e. The van der Waals surface area contributed by atoms with E-state index in [1.54, 1.807) is 0 Å². The fraction of sp³-hybridized carbons (Fsp3) is 0.857. The number of carbonyl (C=O) groups is 2. The molecule has 19 heavy (non-hydrogen) atoms. The molecule has 4 atom stereocenters. The topological polar surface area (TPSA) is 60.9 Å². The van der Waals surface area contributed by atoms with Crippen LogP contribution in [0.15, 0.2) is 0 Å². The Morgan fingerprint density at radius 1 is 1.16 bits per heavy atom.